The van der Waals surface area contributed by atoms with Crippen LogP contribution in [0.4, 0.5) is 0 Å². The van der Waals surface area contributed by atoms with Crippen molar-refractivity contribution in [3.63, 3.8) is 0 Å². The Morgan fingerprint density at radius 1 is 0.667 bits per heavy atom. The van der Waals surface area contributed by atoms with E-state index in [0.717, 1.165) is 106 Å². The van der Waals surface area contributed by atoms with E-state index in [2.05, 4.69) is 110 Å². The quantitative estimate of drug-likeness (QED) is 0.178. The lowest BCUT2D eigenvalue weighted by atomic mass is 9.30. The maximum atomic E-state index is 12.9. The fourth-order valence-electron chi connectivity index (χ4n) is 19.8. The van der Waals surface area contributed by atoms with Crippen LogP contribution in [0.3, 0.4) is 0 Å². The molecule has 2 N–H and O–H groups in total. The van der Waals surface area contributed by atoms with Crippen LogP contribution in [0.25, 0.3) is 0 Å². The predicted molar refractivity (Wildman–Crippen MR) is 279 cm³/mol. The van der Waals surface area contributed by atoms with E-state index in [4.69, 9.17) is 28.4 Å². The molecule has 2 aromatic rings. The molecule has 14 rings (SSSR count). The maximum absolute atomic E-state index is 12.9. The molecule has 6 bridgehead atoms. The van der Waals surface area contributed by atoms with Gasteiger partial charge in [-0.25, -0.2) is 0 Å². The van der Waals surface area contributed by atoms with Crippen LogP contribution in [0.2, 0.25) is 0 Å². The molecule has 2 aromatic carbocycles. The summed E-state index contributed by atoms with van der Waals surface area (Å²) in [6, 6.07) is 9.78. The number of hydrogen-bond donors (Lipinski definition) is 2. The first-order chi connectivity index (χ1) is 33.9. The Kier molecular flexibility index (Phi) is 10.3. The third-order valence-electron chi connectivity index (χ3n) is 24.8. The number of rotatable bonds is 14. The molecule has 12 aliphatic rings. The molecule has 10 nitrogen and oxygen atoms in total. The number of ether oxygens (including phenoxy) is 6. The van der Waals surface area contributed by atoms with Crippen molar-refractivity contribution in [2.24, 2.45) is 45.3 Å². The zero-order valence-electron chi connectivity index (χ0n) is 46.5. The molecule has 396 valence electrons. The van der Waals surface area contributed by atoms with E-state index in [9.17, 15) is 10.2 Å². The minimum absolute atomic E-state index is 0.0640. The largest absolute Gasteiger partial charge is 0.486 e. The molecule has 8 aliphatic carbocycles. The summed E-state index contributed by atoms with van der Waals surface area (Å²) in [7, 11) is 3.76. The van der Waals surface area contributed by atoms with Crippen molar-refractivity contribution in [2.75, 3.05) is 53.6 Å². The van der Waals surface area contributed by atoms with Crippen LogP contribution in [0, 0.1) is 45.3 Å². The normalized spacial score (nSPS) is 42.7. The fourth-order valence-corrected chi connectivity index (χ4v) is 19.8. The summed E-state index contributed by atoms with van der Waals surface area (Å²) in [6.07, 6.45) is 13.6. The van der Waals surface area contributed by atoms with Crippen LogP contribution in [-0.2, 0) is 33.1 Å². The standard InChI is InChI=1S/C62H90N2O8/c1-14-60(67-12)43(55(9,65)52(2,3)4)33-54(8)45-31-39-19-21-41(49-47(39)59(54,51(60)71-49)25-27-63(45)35-37-15-16-37)69-29-30-70-42-22-20-40-32-46-58-23-24-62(68-13,44(34-58)56(10,66)53(5,6)7)57(11)61(58,48(40)50(42)72-57)26-28-64(46)36-38-17-18-38/h19-22,37-38,43-46,51,65-66H,14-18,23-36H2,1-13H3/t43-,44-,45-,46-,51-,54-,55+,56+,57+,58-,59+,60-,61+,62-/m1/s1. The van der Waals surface area contributed by atoms with Gasteiger partial charge in [-0.3, -0.25) is 9.80 Å². The first-order valence-corrected chi connectivity index (χ1v) is 28.9. The number of methoxy groups -OCH3 is 2. The summed E-state index contributed by atoms with van der Waals surface area (Å²) in [5, 5.41) is 25.8. The van der Waals surface area contributed by atoms with Gasteiger partial charge in [0.25, 0.3) is 0 Å². The van der Waals surface area contributed by atoms with Crippen LogP contribution in [0.15, 0.2) is 24.3 Å². The summed E-state index contributed by atoms with van der Waals surface area (Å²) >= 11 is 0. The Labute approximate surface area is 431 Å². The zero-order valence-corrected chi connectivity index (χ0v) is 46.5. The third kappa shape index (κ3) is 5.65. The van der Waals surface area contributed by atoms with Gasteiger partial charge in [-0.15, -0.1) is 0 Å². The topological polar surface area (TPSA) is 102 Å². The average Bonchev–Trinajstić information content (AvgIpc) is 4.26. The van der Waals surface area contributed by atoms with E-state index in [-0.39, 0.29) is 50.4 Å². The van der Waals surface area contributed by atoms with E-state index in [1.165, 1.54) is 61.0 Å². The van der Waals surface area contributed by atoms with Crippen LogP contribution in [-0.4, -0.2) is 120 Å². The second kappa shape index (κ2) is 15.1. The van der Waals surface area contributed by atoms with Crippen molar-refractivity contribution >= 4 is 0 Å². The van der Waals surface area contributed by atoms with Gasteiger partial charge < -0.3 is 38.6 Å². The Morgan fingerprint density at radius 3 is 1.82 bits per heavy atom. The van der Waals surface area contributed by atoms with E-state index < -0.39 is 28.0 Å². The molecule has 3 spiro atoms. The Morgan fingerprint density at radius 2 is 1.24 bits per heavy atom. The minimum Gasteiger partial charge on any atom is -0.486 e. The smallest absolute Gasteiger partial charge is 0.166 e. The van der Waals surface area contributed by atoms with Crippen molar-refractivity contribution in [3.8, 4) is 23.0 Å². The van der Waals surface area contributed by atoms with E-state index in [1.807, 2.05) is 14.2 Å². The summed E-state index contributed by atoms with van der Waals surface area (Å²) in [5.74, 6) is 4.67. The SMILES string of the molecule is CC[C@@]1(OC)[C@@H]([C@](C)(O)C(C)(C)C)C[C@]2(C)[C@H]3Cc4ccc(OCCOc5ccc6c7c5O[C@@]5(C)[C@]78CCN(CC7CC7)[C@H](C6)[C@]86CC[C@@]5(OC)[C@@H]([C@](C)(O)C(C)(C)C)C6)c5c4[C@@]2(CCN3CC2CC2)[C@H]1O5. The molecule has 14 atom stereocenters. The summed E-state index contributed by atoms with van der Waals surface area (Å²) < 4.78 is 43.2. The first-order valence-electron chi connectivity index (χ1n) is 28.9. The minimum atomic E-state index is -1.02. The first kappa shape index (κ1) is 49.0. The van der Waals surface area contributed by atoms with Crippen molar-refractivity contribution in [2.45, 2.75) is 217 Å². The van der Waals surface area contributed by atoms with E-state index in [1.54, 1.807) is 0 Å². The maximum Gasteiger partial charge on any atom is 0.166 e. The molecule has 4 heterocycles. The Hall–Kier alpha value is -2.60. The van der Waals surface area contributed by atoms with Gasteiger partial charge in [0.1, 0.15) is 36.1 Å². The van der Waals surface area contributed by atoms with Gasteiger partial charge in [-0.05, 0) is 169 Å². The van der Waals surface area contributed by atoms with Crippen LogP contribution in [0.1, 0.15) is 169 Å². The zero-order chi connectivity index (χ0) is 50.8. The fraction of sp³-hybridized carbons (Fsp3) is 0.806. The van der Waals surface area contributed by atoms with Gasteiger partial charge >= 0.3 is 0 Å². The van der Waals surface area contributed by atoms with Gasteiger partial charge in [0.15, 0.2) is 23.0 Å². The highest BCUT2D eigenvalue weighted by molar-refractivity contribution is 5.66. The average molecular weight is 991 g/mol. The summed E-state index contributed by atoms with van der Waals surface area (Å²) in [4.78, 5) is 5.72. The highest BCUT2D eigenvalue weighted by Crippen LogP contribution is 2.82. The molecule has 0 aromatic heterocycles. The number of piperidine rings is 2. The van der Waals surface area contributed by atoms with Gasteiger partial charge in [-0.2, -0.15) is 0 Å². The van der Waals surface area contributed by atoms with Crippen molar-refractivity contribution in [1.82, 2.24) is 9.80 Å². The van der Waals surface area contributed by atoms with Crippen LogP contribution in [0.5, 0.6) is 23.0 Å². The number of aliphatic hydroxyl groups is 2. The lowest BCUT2D eigenvalue weighted by Gasteiger charge is -2.78. The Balaban J connectivity index is 0.840. The Bertz CT molecular complexity index is 2550. The molecule has 4 aliphatic heterocycles. The number of nitrogens with zero attached hydrogens (tertiary/aromatic N) is 2. The van der Waals surface area contributed by atoms with Crippen LogP contribution < -0.4 is 18.9 Å². The number of hydrogen-bond acceptors (Lipinski definition) is 10. The molecular formula is C62H90N2O8. The molecular weight excluding hydrogens is 901 g/mol. The highest BCUT2D eigenvalue weighted by Gasteiger charge is 2.87. The second-order valence-corrected chi connectivity index (χ2v) is 28.9. The molecule has 72 heavy (non-hydrogen) atoms. The van der Waals surface area contributed by atoms with Gasteiger partial charge in [0.2, 0.25) is 0 Å². The summed E-state index contributed by atoms with van der Waals surface area (Å²) in [5.41, 5.74) is -0.146. The predicted octanol–water partition coefficient (Wildman–Crippen LogP) is 10.2. The molecule has 0 unspecified atom stereocenters. The van der Waals surface area contributed by atoms with Crippen LogP contribution >= 0.6 is 0 Å². The second-order valence-electron chi connectivity index (χ2n) is 28.9. The molecule has 8 fully saturated rings. The number of benzene rings is 2. The number of fused-ring (bicyclic) bond motifs is 2. The van der Waals surface area contributed by atoms with E-state index in [0.29, 0.717) is 25.3 Å². The van der Waals surface area contributed by atoms with Gasteiger partial charge in [0, 0.05) is 73.2 Å². The molecule has 0 radical (unpaired) electrons. The highest BCUT2D eigenvalue weighted by atomic mass is 16.6. The molecule has 6 saturated carbocycles. The van der Waals surface area contributed by atoms with Crippen molar-refractivity contribution in [3.05, 3.63) is 46.5 Å². The lowest BCUT2D eigenvalue weighted by molar-refractivity contribution is -0.345. The molecule has 2 saturated heterocycles. The van der Waals surface area contributed by atoms with Crippen molar-refractivity contribution < 1.29 is 38.6 Å². The van der Waals surface area contributed by atoms with Crippen molar-refractivity contribution in [1.29, 1.82) is 0 Å². The van der Waals surface area contributed by atoms with E-state index >= 15 is 0 Å². The molecule has 0 amide bonds. The van der Waals surface area contributed by atoms with Gasteiger partial charge in [0.05, 0.1) is 16.6 Å². The number of likely N-dealkylation sites (tertiary alicyclic amines) is 2. The molecule has 10 heteroatoms. The monoisotopic (exact) mass is 991 g/mol. The third-order valence-corrected chi connectivity index (χ3v) is 24.8. The van der Waals surface area contributed by atoms with Gasteiger partial charge in [-0.1, -0.05) is 67.5 Å². The lowest BCUT2D eigenvalue weighted by Crippen LogP contribution is -2.87. The summed E-state index contributed by atoms with van der Waals surface area (Å²) in [6.45, 7) is 29.6.